The Hall–Kier alpha value is -1.53. The Morgan fingerprint density at radius 2 is 1.77 bits per heavy atom. The van der Waals surface area contributed by atoms with E-state index in [1.807, 2.05) is 55.9 Å². The second-order valence-electron chi connectivity index (χ2n) is 15.6. The number of esters is 2. The third-order valence-electron chi connectivity index (χ3n) is 13.5. The van der Waals surface area contributed by atoms with Gasteiger partial charge in [-0.25, -0.2) is 4.79 Å². The SMILES string of the molecule is CCOC(=O)C(C)CCC[C@@H](C)C1CCC2C3C(CCC21C)C1(C)CCC2(C[C@@H]1C[C@H]3OC(=O)c1ccccc1)OCCS2. The van der Waals surface area contributed by atoms with Crippen LogP contribution in [-0.4, -0.2) is 41.9 Å². The number of rotatable bonds is 9. The van der Waals surface area contributed by atoms with E-state index >= 15 is 0 Å². The summed E-state index contributed by atoms with van der Waals surface area (Å²) >= 11 is 2.04. The van der Waals surface area contributed by atoms with Gasteiger partial charge in [0.2, 0.25) is 0 Å². The molecule has 5 nitrogen and oxygen atoms in total. The van der Waals surface area contributed by atoms with Crippen molar-refractivity contribution in [3.8, 4) is 0 Å². The lowest BCUT2D eigenvalue weighted by atomic mass is 9.43. The molecule has 6 heteroatoms. The minimum atomic E-state index is -0.152. The maximum absolute atomic E-state index is 13.6. The van der Waals surface area contributed by atoms with Crippen molar-refractivity contribution in [1.29, 1.82) is 0 Å². The van der Waals surface area contributed by atoms with Crippen LogP contribution < -0.4 is 0 Å². The first-order valence-electron chi connectivity index (χ1n) is 17.8. The zero-order chi connectivity index (χ0) is 31.1. The van der Waals surface area contributed by atoms with Gasteiger partial charge in [0.05, 0.1) is 24.7 Å². The lowest BCUT2D eigenvalue weighted by Crippen LogP contribution is -2.60. The molecule has 244 valence electrons. The fraction of sp³-hybridized carbons (Fsp3) is 0.789. The van der Waals surface area contributed by atoms with Gasteiger partial charge in [0.15, 0.2) is 0 Å². The first-order valence-corrected chi connectivity index (χ1v) is 18.8. The van der Waals surface area contributed by atoms with E-state index in [0.29, 0.717) is 47.7 Å². The van der Waals surface area contributed by atoms with Crippen LogP contribution >= 0.6 is 11.8 Å². The molecule has 1 aromatic rings. The summed E-state index contributed by atoms with van der Waals surface area (Å²) in [6, 6.07) is 9.62. The van der Waals surface area contributed by atoms with Gasteiger partial charge < -0.3 is 14.2 Å². The van der Waals surface area contributed by atoms with Crippen LogP contribution in [0, 0.1) is 52.3 Å². The van der Waals surface area contributed by atoms with Gasteiger partial charge in [-0.05, 0) is 117 Å². The van der Waals surface area contributed by atoms with E-state index in [2.05, 4.69) is 20.8 Å². The molecule has 0 amide bonds. The number of carbonyl (C=O) groups is 2. The molecule has 1 heterocycles. The van der Waals surface area contributed by atoms with Crippen molar-refractivity contribution in [3.63, 3.8) is 0 Å². The first kappa shape index (κ1) is 32.4. The lowest BCUT2D eigenvalue weighted by Gasteiger charge is -2.63. The van der Waals surface area contributed by atoms with Crippen LogP contribution in [0.1, 0.15) is 116 Å². The van der Waals surface area contributed by atoms with Gasteiger partial charge in [-0.2, -0.15) is 0 Å². The molecule has 0 bridgehead atoms. The molecule has 0 aromatic heterocycles. The van der Waals surface area contributed by atoms with Gasteiger partial charge in [0.1, 0.15) is 11.0 Å². The molecule has 5 fully saturated rings. The molecule has 1 saturated heterocycles. The number of hydrogen-bond acceptors (Lipinski definition) is 6. The second-order valence-corrected chi connectivity index (χ2v) is 17.1. The highest BCUT2D eigenvalue weighted by atomic mass is 32.2. The zero-order valence-electron chi connectivity index (χ0n) is 27.9. The Kier molecular flexibility index (Phi) is 9.53. The van der Waals surface area contributed by atoms with Crippen molar-refractivity contribution in [2.75, 3.05) is 19.0 Å². The number of hydrogen-bond donors (Lipinski definition) is 0. The van der Waals surface area contributed by atoms with Crippen LogP contribution in [-0.2, 0) is 19.0 Å². The maximum Gasteiger partial charge on any atom is 0.338 e. The maximum atomic E-state index is 13.6. The zero-order valence-corrected chi connectivity index (χ0v) is 28.7. The van der Waals surface area contributed by atoms with Crippen LogP contribution in [0.25, 0.3) is 0 Å². The number of carbonyl (C=O) groups excluding carboxylic acids is 2. The molecule has 4 saturated carbocycles. The molecule has 4 aliphatic carbocycles. The molecule has 11 atom stereocenters. The van der Waals surface area contributed by atoms with Gasteiger partial charge >= 0.3 is 11.9 Å². The molecule has 1 spiro atoms. The molecule has 5 aliphatic rings. The molecular weight excluding hydrogens is 568 g/mol. The van der Waals surface area contributed by atoms with Crippen LogP contribution in [0.4, 0.5) is 0 Å². The smallest absolute Gasteiger partial charge is 0.338 e. The van der Waals surface area contributed by atoms with Crippen LogP contribution in [0.2, 0.25) is 0 Å². The van der Waals surface area contributed by atoms with Crippen molar-refractivity contribution in [2.24, 2.45) is 52.3 Å². The fourth-order valence-electron chi connectivity index (χ4n) is 11.1. The van der Waals surface area contributed by atoms with E-state index in [-0.39, 0.29) is 39.7 Å². The van der Waals surface area contributed by atoms with Crippen molar-refractivity contribution in [3.05, 3.63) is 35.9 Å². The standard InChI is InChI=1S/C38H56O5S/c1-6-41-34(39)26(3)12-10-11-25(2)29-15-16-30-33-31(17-18-37(29,30)5)36(4)19-20-38(42-21-22-44-38)24-28(36)23-32(33)43-35(40)27-13-8-7-9-14-27/h7-9,13-14,25-26,28-33H,6,10-12,15-24H2,1-5H3/t25-,26?,28+,29?,30?,31?,32-,33?,36?,37?,38?/m1/s1. The normalized spacial score (nSPS) is 40.8. The molecule has 6 rings (SSSR count). The van der Waals surface area contributed by atoms with Crippen molar-refractivity contribution < 1.29 is 23.8 Å². The summed E-state index contributed by atoms with van der Waals surface area (Å²) in [4.78, 5) is 25.8. The third kappa shape index (κ3) is 5.89. The van der Waals surface area contributed by atoms with Gasteiger partial charge in [-0.3, -0.25) is 4.79 Å². The van der Waals surface area contributed by atoms with E-state index in [9.17, 15) is 9.59 Å². The predicted octanol–water partition coefficient (Wildman–Crippen LogP) is 8.95. The average molecular weight is 625 g/mol. The van der Waals surface area contributed by atoms with Crippen LogP contribution in [0.3, 0.4) is 0 Å². The summed E-state index contributed by atoms with van der Waals surface area (Å²) in [7, 11) is 0. The highest BCUT2D eigenvalue weighted by molar-refractivity contribution is 8.00. The monoisotopic (exact) mass is 624 g/mol. The van der Waals surface area contributed by atoms with Crippen LogP contribution in [0.5, 0.6) is 0 Å². The largest absolute Gasteiger partial charge is 0.466 e. The fourth-order valence-corrected chi connectivity index (χ4v) is 12.4. The minimum absolute atomic E-state index is 0.0210. The van der Waals surface area contributed by atoms with Gasteiger partial charge in [0.25, 0.3) is 0 Å². The Morgan fingerprint density at radius 3 is 2.50 bits per heavy atom. The summed E-state index contributed by atoms with van der Waals surface area (Å²) in [5.74, 6) is 4.31. The summed E-state index contributed by atoms with van der Waals surface area (Å²) < 4.78 is 18.3. The van der Waals surface area contributed by atoms with Crippen molar-refractivity contribution >= 4 is 23.7 Å². The Balaban J connectivity index is 1.21. The lowest BCUT2D eigenvalue weighted by molar-refractivity contribution is -0.181. The molecule has 1 aliphatic heterocycles. The Labute approximate surface area is 270 Å². The number of fused-ring (bicyclic) bond motifs is 5. The van der Waals surface area contributed by atoms with E-state index < -0.39 is 0 Å². The molecule has 8 unspecified atom stereocenters. The van der Waals surface area contributed by atoms with Crippen LogP contribution in [0.15, 0.2) is 30.3 Å². The van der Waals surface area contributed by atoms with E-state index in [4.69, 9.17) is 14.2 Å². The van der Waals surface area contributed by atoms with E-state index in [1.54, 1.807) is 0 Å². The summed E-state index contributed by atoms with van der Waals surface area (Å²) in [6.07, 6.45) is 12.6. The number of benzene rings is 1. The van der Waals surface area contributed by atoms with E-state index in [1.165, 1.54) is 32.1 Å². The van der Waals surface area contributed by atoms with Crippen molar-refractivity contribution in [1.82, 2.24) is 0 Å². The van der Waals surface area contributed by atoms with Gasteiger partial charge in [0, 0.05) is 11.7 Å². The van der Waals surface area contributed by atoms with E-state index in [0.717, 1.165) is 50.9 Å². The summed E-state index contributed by atoms with van der Waals surface area (Å²) in [5.41, 5.74) is 1.22. The number of ether oxygens (including phenoxy) is 3. The van der Waals surface area contributed by atoms with Gasteiger partial charge in [-0.15, -0.1) is 11.8 Å². The second kappa shape index (κ2) is 12.9. The molecular formula is C38H56O5S. The predicted molar refractivity (Wildman–Crippen MR) is 176 cm³/mol. The topological polar surface area (TPSA) is 61.8 Å². The Bertz CT molecular complexity index is 1170. The highest BCUT2D eigenvalue weighted by Crippen LogP contribution is 2.70. The first-order chi connectivity index (χ1) is 21.1. The highest BCUT2D eigenvalue weighted by Gasteiger charge is 2.65. The summed E-state index contributed by atoms with van der Waals surface area (Å²) in [6.45, 7) is 12.9. The Morgan fingerprint density at radius 1 is 1.00 bits per heavy atom. The van der Waals surface area contributed by atoms with Crippen molar-refractivity contribution in [2.45, 2.75) is 116 Å². The third-order valence-corrected chi connectivity index (χ3v) is 14.9. The average Bonchev–Trinajstić information content (AvgIpc) is 3.62. The molecule has 1 aromatic carbocycles. The minimum Gasteiger partial charge on any atom is -0.466 e. The summed E-state index contributed by atoms with van der Waals surface area (Å²) in [5, 5.41) is 0. The van der Waals surface area contributed by atoms with Gasteiger partial charge in [-0.1, -0.05) is 58.7 Å². The molecule has 0 N–H and O–H groups in total. The number of thioether (sulfide) groups is 1. The molecule has 0 radical (unpaired) electrons. The molecule has 44 heavy (non-hydrogen) atoms. The quantitative estimate of drug-likeness (QED) is 0.256.